The Hall–Kier alpha value is -4.40. The summed E-state index contributed by atoms with van der Waals surface area (Å²) in [4.78, 5) is 30.7. The Morgan fingerprint density at radius 2 is 1.13 bits per heavy atom. The van der Waals surface area contributed by atoms with Gasteiger partial charge in [0.05, 0.1) is 58.5 Å². The van der Waals surface area contributed by atoms with Gasteiger partial charge < -0.3 is 5.11 Å². The van der Waals surface area contributed by atoms with Gasteiger partial charge >= 0.3 is 5.97 Å². The van der Waals surface area contributed by atoms with Crippen LogP contribution in [0, 0.1) is 22.7 Å². The number of aliphatic carboxylic acids is 1. The fraction of sp³-hybridized carbons (Fsp3) is 0.0909. The molecule has 228 valence electrons. The number of nitriles is 2. The number of aromatic nitrogens is 4. The molecule has 6 aromatic rings. The Morgan fingerprint density at radius 3 is 1.52 bits per heavy atom. The molecule has 0 aliphatic heterocycles. The molecule has 0 unspecified atom stereocenters. The van der Waals surface area contributed by atoms with E-state index in [9.17, 15) is 20.1 Å². The predicted octanol–water partition coefficient (Wildman–Crippen LogP) is 8.18. The molecule has 4 aromatic carbocycles. The first-order chi connectivity index (χ1) is 22.2. The Labute approximate surface area is 289 Å². The monoisotopic (exact) mass is 772 g/mol. The molecule has 13 heteroatoms. The van der Waals surface area contributed by atoms with Crippen LogP contribution in [0.1, 0.15) is 18.1 Å². The molecule has 1 N–H and O–H groups in total. The predicted molar refractivity (Wildman–Crippen MR) is 187 cm³/mol. The van der Waals surface area contributed by atoms with E-state index in [4.69, 9.17) is 5.11 Å². The van der Waals surface area contributed by atoms with Crippen molar-refractivity contribution in [3.05, 3.63) is 106 Å². The van der Waals surface area contributed by atoms with E-state index in [0.717, 1.165) is 59.0 Å². The first-order valence-corrected chi connectivity index (χ1v) is 17.1. The first-order valence-electron chi connectivity index (χ1n) is 13.5. The van der Waals surface area contributed by atoms with E-state index in [0.29, 0.717) is 22.0 Å². The summed E-state index contributed by atoms with van der Waals surface area (Å²) in [5.41, 5.74) is 3.01. The molecule has 0 aliphatic rings. The molecule has 46 heavy (non-hydrogen) atoms. The molecular formula is C33H22Br2N6O3S2. The minimum atomic E-state index is -0.898. The molecular weight excluding hydrogens is 752 g/mol. The van der Waals surface area contributed by atoms with Crippen LogP contribution in [0.4, 0.5) is 0 Å². The van der Waals surface area contributed by atoms with E-state index in [1.165, 1.54) is 11.8 Å². The zero-order chi connectivity index (χ0) is 32.8. The average Bonchev–Trinajstić information content (AvgIpc) is 3.62. The smallest absolute Gasteiger partial charge is 0.313 e. The topological polar surface area (TPSA) is 138 Å². The lowest BCUT2D eigenvalue weighted by molar-refractivity contribution is -0.133. The number of carboxylic acids is 1. The van der Waals surface area contributed by atoms with Crippen molar-refractivity contribution in [2.24, 2.45) is 0 Å². The molecule has 0 aliphatic carbocycles. The Bertz CT molecular complexity index is 2040. The third-order valence-electron chi connectivity index (χ3n) is 6.63. The van der Waals surface area contributed by atoms with Gasteiger partial charge in [-0.2, -0.15) is 10.5 Å². The fourth-order valence-corrected chi connectivity index (χ4v) is 7.36. The summed E-state index contributed by atoms with van der Waals surface area (Å²) < 4.78 is 5.33. The quantitative estimate of drug-likeness (QED) is 0.152. The van der Waals surface area contributed by atoms with Crippen molar-refractivity contribution in [2.45, 2.75) is 17.2 Å². The van der Waals surface area contributed by atoms with Gasteiger partial charge in [0, 0.05) is 21.5 Å². The van der Waals surface area contributed by atoms with Crippen molar-refractivity contribution in [1.29, 1.82) is 10.5 Å². The third-order valence-corrected chi connectivity index (χ3v) is 9.78. The van der Waals surface area contributed by atoms with E-state index >= 15 is 0 Å². The summed E-state index contributed by atoms with van der Waals surface area (Å²) in [5.74, 6) is -0.495. The number of hydrogen-bond donors (Lipinski definition) is 1. The molecule has 2 heterocycles. The maximum absolute atomic E-state index is 11.3. The van der Waals surface area contributed by atoms with Gasteiger partial charge in [-0.1, -0.05) is 72.1 Å². The number of carbonyl (C=O) groups excluding carboxylic acids is 1. The first kappa shape index (κ1) is 33.0. The average molecular weight is 775 g/mol. The maximum Gasteiger partial charge on any atom is 0.313 e. The van der Waals surface area contributed by atoms with Crippen LogP contribution < -0.4 is 0 Å². The fourth-order valence-electron chi connectivity index (χ4n) is 4.71. The van der Waals surface area contributed by atoms with Gasteiger partial charge in [0.25, 0.3) is 0 Å². The number of hydrogen-bond acceptors (Lipinski definition) is 8. The summed E-state index contributed by atoms with van der Waals surface area (Å²) >= 11 is 9.52. The van der Waals surface area contributed by atoms with Crippen LogP contribution >= 0.6 is 55.4 Å². The number of ketones is 1. The number of benzene rings is 4. The lowest BCUT2D eigenvalue weighted by Gasteiger charge is -2.12. The summed E-state index contributed by atoms with van der Waals surface area (Å²) in [5, 5.41) is 32.4. The van der Waals surface area contributed by atoms with Gasteiger partial charge in [-0.25, -0.2) is 9.97 Å². The Kier molecular flexibility index (Phi) is 10.6. The highest BCUT2D eigenvalue weighted by molar-refractivity contribution is 9.10. The van der Waals surface area contributed by atoms with Crippen molar-refractivity contribution in [2.75, 3.05) is 11.5 Å². The third kappa shape index (κ3) is 7.03. The zero-order valence-corrected chi connectivity index (χ0v) is 28.8. The summed E-state index contributed by atoms with van der Waals surface area (Å²) in [6, 6.07) is 27.1. The number of thioether (sulfide) groups is 2. The second-order valence-electron chi connectivity index (χ2n) is 9.65. The van der Waals surface area contributed by atoms with Crippen LogP contribution in [0.5, 0.6) is 0 Å². The molecule has 0 saturated carbocycles. The van der Waals surface area contributed by atoms with Gasteiger partial charge in [-0.15, -0.1) is 0 Å². The summed E-state index contributed by atoms with van der Waals surface area (Å²) in [7, 11) is 0. The van der Waals surface area contributed by atoms with Gasteiger partial charge in [0.15, 0.2) is 10.3 Å². The van der Waals surface area contributed by atoms with E-state index < -0.39 is 5.97 Å². The van der Waals surface area contributed by atoms with Gasteiger partial charge in [-0.05, 0) is 63.0 Å². The minimum Gasteiger partial charge on any atom is -0.481 e. The number of nitrogens with zero attached hydrogens (tertiary/aromatic N) is 6. The number of rotatable bonds is 8. The second kappa shape index (κ2) is 14.8. The van der Waals surface area contributed by atoms with Crippen LogP contribution in [0.3, 0.4) is 0 Å². The highest BCUT2D eigenvalue weighted by Gasteiger charge is 2.17. The van der Waals surface area contributed by atoms with E-state index in [2.05, 4.69) is 54.0 Å². The number of Topliss-reactive ketones (excluding diaryl/α,β-unsaturated/α-hetero) is 1. The largest absolute Gasteiger partial charge is 0.481 e. The molecule has 0 saturated heterocycles. The number of carbonyl (C=O) groups is 2. The van der Waals surface area contributed by atoms with Crippen molar-refractivity contribution in [1.82, 2.24) is 19.1 Å². The van der Waals surface area contributed by atoms with Crippen LogP contribution in [0.25, 0.3) is 32.9 Å². The van der Waals surface area contributed by atoms with Crippen molar-refractivity contribution in [3.8, 4) is 23.5 Å². The lowest BCUT2D eigenvalue weighted by atomic mass is 10.0. The van der Waals surface area contributed by atoms with Gasteiger partial charge in [0.1, 0.15) is 15.0 Å². The normalized spacial score (nSPS) is 10.6. The van der Waals surface area contributed by atoms with E-state index in [1.54, 1.807) is 25.4 Å². The standard InChI is InChI=1S/C17H12BrN3OS.C16H10BrN3O2S/c1-11(22)10-23-17-20-9-16(18)21(17)15-7-6-12(8-19)13-4-2-3-5-14(13)15;17-14-8-19-16(23-9-15(21)22)20(14)13-6-5-10(7-18)11-3-1-2-4-12(11)13/h2-7,9H,10H2,1H3;1-6,8H,9H2,(H,21,22). The summed E-state index contributed by atoms with van der Waals surface area (Å²) in [6.07, 6.45) is 3.35. The van der Waals surface area contributed by atoms with E-state index in [-0.39, 0.29) is 11.5 Å². The molecule has 2 aromatic heterocycles. The van der Waals surface area contributed by atoms with Gasteiger partial charge in [-0.3, -0.25) is 18.7 Å². The van der Waals surface area contributed by atoms with Crippen LogP contribution in [-0.4, -0.2) is 47.5 Å². The summed E-state index contributed by atoms with van der Waals surface area (Å²) in [6.45, 7) is 1.56. The lowest BCUT2D eigenvalue weighted by Crippen LogP contribution is -2.03. The Morgan fingerprint density at radius 1 is 0.717 bits per heavy atom. The number of fused-ring (bicyclic) bond motifs is 2. The second-order valence-corrected chi connectivity index (χ2v) is 13.2. The van der Waals surface area contributed by atoms with Crippen molar-refractivity contribution in [3.63, 3.8) is 0 Å². The molecule has 0 atom stereocenters. The molecule has 0 radical (unpaired) electrons. The van der Waals surface area contributed by atoms with Crippen LogP contribution in [-0.2, 0) is 9.59 Å². The Balaban J connectivity index is 0.000000181. The number of imidazole rings is 2. The van der Waals surface area contributed by atoms with Crippen molar-refractivity contribution >= 4 is 88.7 Å². The highest BCUT2D eigenvalue weighted by Crippen LogP contribution is 2.33. The van der Waals surface area contributed by atoms with Crippen LogP contribution in [0.15, 0.2) is 105 Å². The van der Waals surface area contributed by atoms with Crippen molar-refractivity contribution < 1.29 is 14.7 Å². The van der Waals surface area contributed by atoms with E-state index in [1.807, 2.05) is 75.9 Å². The van der Waals surface area contributed by atoms with Crippen LogP contribution in [0.2, 0.25) is 0 Å². The number of carboxylic acid groups (broad SMARTS) is 1. The molecule has 6 rings (SSSR count). The maximum atomic E-state index is 11.3. The zero-order valence-electron chi connectivity index (χ0n) is 24.0. The highest BCUT2D eigenvalue weighted by atomic mass is 79.9. The molecule has 0 spiro atoms. The SMILES string of the molecule is CC(=O)CSc1ncc(Br)n1-c1ccc(C#N)c2ccccc12.N#Cc1ccc(-n2c(Br)cnc2SCC(=O)O)c2ccccc12. The molecule has 9 nitrogen and oxygen atoms in total. The number of halogens is 2. The minimum absolute atomic E-state index is 0.0718. The van der Waals surface area contributed by atoms with Gasteiger partial charge in [0.2, 0.25) is 0 Å². The molecule has 0 fully saturated rings. The molecule has 0 bridgehead atoms. The molecule has 0 amide bonds.